The molecule has 0 radical (unpaired) electrons. The average Bonchev–Trinajstić information content (AvgIpc) is 2.74. The first-order valence-electron chi connectivity index (χ1n) is 8.92. The lowest BCUT2D eigenvalue weighted by atomic mass is 9.83. The van der Waals surface area contributed by atoms with Crippen LogP contribution < -0.4 is 0 Å². The van der Waals surface area contributed by atoms with Gasteiger partial charge in [0, 0.05) is 14.2 Å². The average molecular weight is 420 g/mol. The molecule has 0 spiro atoms. The summed E-state index contributed by atoms with van der Waals surface area (Å²) in [5.74, 6) is -2.11. The first-order chi connectivity index (χ1) is 13.8. The monoisotopic (exact) mass is 420 g/mol. The van der Waals surface area contributed by atoms with E-state index in [-0.39, 0.29) is 5.57 Å². The molecule has 8 atom stereocenters. The SMILES string of the molecule is C=CC1C(OC2OC(CO)C(O)C(O)C2O)OC=C(C(=O)OC)C1C(OC)OC. The standard InChI is InChI=1S/C18H28O11/c1-5-8-11(17(25-3)26-4)9(15(23)24-2)7-27-16(8)29-18-14(22)13(21)12(20)10(6-19)28-18/h5,7-8,10-14,16-22H,1,6H2,2-4H3. The summed E-state index contributed by atoms with van der Waals surface area (Å²) in [6, 6.07) is 0. The molecule has 2 aliphatic rings. The highest BCUT2D eigenvalue weighted by Gasteiger charge is 2.49. The maximum absolute atomic E-state index is 12.2. The van der Waals surface area contributed by atoms with Crippen molar-refractivity contribution in [1.29, 1.82) is 0 Å². The van der Waals surface area contributed by atoms with E-state index in [1.165, 1.54) is 27.4 Å². The largest absolute Gasteiger partial charge is 0.471 e. The van der Waals surface area contributed by atoms with Crippen LogP contribution in [-0.4, -0.2) is 97.6 Å². The maximum Gasteiger partial charge on any atom is 0.337 e. The fourth-order valence-electron chi connectivity index (χ4n) is 3.40. The number of aliphatic hydroxyl groups excluding tert-OH is 4. The third-order valence-corrected chi connectivity index (χ3v) is 4.98. The van der Waals surface area contributed by atoms with Gasteiger partial charge >= 0.3 is 5.97 Å². The van der Waals surface area contributed by atoms with E-state index in [1.807, 2.05) is 0 Å². The number of hydrogen-bond acceptors (Lipinski definition) is 11. The van der Waals surface area contributed by atoms with Gasteiger partial charge in [0.1, 0.15) is 24.4 Å². The summed E-state index contributed by atoms with van der Waals surface area (Å²) >= 11 is 0. The molecule has 2 aliphatic heterocycles. The van der Waals surface area contributed by atoms with Gasteiger partial charge in [0.2, 0.25) is 6.29 Å². The normalized spacial score (nSPS) is 37.6. The van der Waals surface area contributed by atoms with E-state index >= 15 is 0 Å². The molecule has 166 valence electrons. The Labute approximate surface area is 168 Å². The van der Waals surface area contributed by atoms with Crippen LogP contribution in [0.2, 0.25) is 0 Å². The van der Waals surface area contributed by atoms with Crippen LogP contribution in [0.1, 0.15) is 0 Å². The Bertz CT molecular complexity index is 588. The van der Waals surface area contributed by atoms with Crippen LogP contribution in [0.15, 0.2) is 24.5 Å². The Morgan fingerprint density at radius 3 is 2.34 bits per heavy atom. The number of ether oxygens (including phenoxy) is 6. The van der Waals surface area contributed by atoms with Crippen molar-refractivity contribution in [3.8, 4) is 0 Å². The minimum atomic E-state index is -1.62. The Hall–Kier alpha value is -1.57. The molecule has 0 saturated carbocycles. The zero-order chi connectivity index (χ0) is 21.7. The van der Waals surface area contributed by atoms with Crippen LogP contribution >= 0.6 is 0 Å². The van der Waals surface area contributed by atoms with Crippen molar-refractivity contribution in [2.75, 3.05) is 27.9 Å². The zero-order valence-corrected chi connectivity index (χ0v) is 16.4. The van der Waals surface area contributed by atoms with Crippen molar-refractivity contribution in [3.05, 3.63) is 24.5 Å². The number of esters is 1. The van der Waals surface area contributed by atoms with E-state index in [0.29, 0.717) is 0 Å². The molecule has 1 fully saturated rings. The van der Waals surface area contributed by atoms with Gasteiger partial charge in [0.25, 0.3) is 0 Å². The second kappa shape index (κ2) is 10.5. The smallest absolute Gasteiger partial charge is 0.337 e. The molecule has 2 heterocycles. The van der Waals surface area contributed by atoms with Crippen LogP contribution in [0, 0.1) is 11.8 Å². The first-order valence-corrected chi connectivity index (χ1v) is 8.92. The summed E-state index contributed by atoms with van der Waals surface area (Å²) in [5, 5.41) is 39.3. The lowest BCUT2D eigenvalue weighted by Gasteiger charge is -2.43. The topological polar surface area (TPSA) is 153 Å². The lowest BCUT2D eigenvalue weighted by molar-refractivity contribution is -0.341. The van der Waals surface area contributed by atoms with Crippen LogP contribution in [0.5, 0.6) is 0 Å². The molecule has 11 heteroatoms. The predicted octanol–water partition coefficient (Wildman–Crippen LogP) is -1.75. The van der Waals surface area contributed by atoms with Crippen molar-refractivity contribution in [2.24, 2.45) is 11.8 Å². The van der Waals surface area contributed by atoms with Crippen LogP contribution in [0.3, 0.4) is 0 Å². The van der Waals surface area contributed by atoms with Crippen molar-refractivity contribution < 1.29 is 53.6 Å². The minimum Gasteiger partial charge on any atom is -0.471 e. The molecule has 2 rings (SSSR count). The second-order valence-corrected chi connectivity index (χ2v) is 6.58. The molecule has 4 N–H and O–H groups in total. The van der Waals surface area contributed by atoms with Crippen molar-refractivity contribution in [3.63, 3.8) is 0 Å². The molecule has 0 aromatic rings. The summed E-state index contributed by atoms with van der Waals surface area (Å²) < 4.78 is 31.9. The minimum absolute atomic E-state index is 0.125. The van der Waals surface area contributed by atoms with E-state index in [2.05, 4.69) is 6.58 Å². The third kappa shape index (κ3) is 4.78. The van der Waals surface area contributed by atoms with Crippen molar-refractivity contribution >= 4 is 5.97 Å². The summed E-state index contributed by atoms with van der Waals surface area (Å²) in [5.41, 5.74) is 0.125. The number of aliphatic hydroxyl groups is 4. The molecule has 0 aromatic heterocycles. The highest BCUT2D eigenvalue weighted by atomic mass is 16.8. The predicted molar refractivity (Wildman–Crippen MR) is 94.8 cm³/mol. The number of methoxy groups -OCH3 is 3. The van der Waals surface area contributed by atoms with Gasteiger partial charge in [-0.05, 0) is 0 Å². The molecule has 29 heavy (non-hydrogen) atoms. The summed E-state index contributed by atoms with van der Waals surface area (Å²) in [6.45, 7) is 3.14. The summed E-state index contributed by atoms with van der Waals surface area (Å²) in [4.78, 5) is 12.2. The highest BCUT2D eigenvalue weighted by molar-refractivity contribution is 5.89. The van der Waals surface area contributed by atoms with Gasteiger partial charge in [-0.15, -0.1) is 6.58 Å². The molecule has 1 saturated heterocycles. The molecule has 0 aromatic carbocycles. The van der Waals surface area contributed by atoms with Crippen LogP contribution in [0.4, 0.5) is 0 Å². The molecule has 11 nitrogen and oxygen atoms in total. The molecular formula is C18H28O11. The van der Waals surface area contributed by atoms with Gasteiger partial charge in [0.05, 0.1) is 37.4 Å². The van der Waals surface area contributed by atoms with E-state index < -0.39 is 67.7 Å². The molecule has 0 aliphatic carbocycles. The van der Waals surface area contributed by atoms with Gasteiger partial charge in [-0.2, -0.15) is 0 Å². The molecule has 0 bridgehead atoms. The number of hydrogen-bond donors (Lipinski definition) is 4. The van der Waals surface area contributed by atoms with E-state index in [4.69, 9.17) is 28.4 Å². The first kappa shape index (κ1) is 23.7. The van der Waals surface area contributed by atoms with Gasteiger partial charge < -0.3 is 48.8 Å². The van der Waals surface area contributed by atoms with Gasteiger partial charge in [-0.1, -0.05) is 6.08 Å². The number of carbonyl (C=O) groups excluding carboxylic acids is 1. The molecule has 8 unspecified atom stereocenters. The lowest BCUT2D eigenvalue weighted by Crippen LogP contribution is -2.60. The molecular weight excluding hydrogens is 392 g/mol. The van der Waals surface area contributed by atoms with Crippen LogP contribution in [-0.2, 0) is 33.2 Å². The fourth-order valence-corrected chi connectivity index (χ4v) is 3.40. The van der Waals surface area contributed by atoms with Crippen LogP contribution in [0.25, 0.3) is 0 Å². The van der Waals surface area contributed by atoms with Gasteiger partial charge in [-0.3, -0.25) is 0 Å². The van der Waals surface area contributed by atoms with Gasteiger partial charge in [0.15, 0.2) is 12.6 Å². The number of carbonyl (C=O) groups is 1. The zero-order valence-electron chi connectivity index (χ0n) is 16.4. The van der Waals surface area contributed by atoms with Gasteiger partial charge in [-0.25, -0.2) is 4.79 Å². The van der Waals surface area contributed by atoms with E-state index in [0.717, 1.165) is 6.26 Å². The summed E-state index contributed by atoms with van der Waals surface area (Å²) in [6.07, 6.45) is -6.75. The van der Waals surface area contributed by atoms with Crippen molar-refractivity contribution in [2.45, 2.75) is 43.3 Å². The number of rotatable bonds is 8. The Kier molecular flexibility index (Phi) is 8.55. The van der Waals surface area contributed by atoms with Crippen molar-refractivity contribution in [1.82, 2.24) is 0 Å². The Morgan fingerprint density at radius 1 is 1.17 bits per heavy atom. The van der Waals surface area contributed by atoms with E-state index in [9.17, 15) is 25.2 Å². The maximum atomic E-state index is 12.2. The van der Waals surface area contributed by atoms with E-state index in [1.54, 1.807) is 0 Å². The molecule has 0 amide bonds. The second-order valence-electron chi connectivity index (χ2n) is 6.58. The summed E-state index contributed by atoms with van der Waals surface area (Å²) in [7, 11) is 4.01. The Balaban J connectivity index is 2.29. The fraction of sp³-hybridized carbons (Fsp3) is 0.722. The highest BCUT2D eigenvalue weighted by Crippen LogP contribution is 2.38. The third-order valence-electron chi connectivity index (χ3n) is 4.98. The quantitative estimate of drug-likeness (QED) is 0.201. The Morgan fingerprint density at radius 2 is 1.83 bits per heavy atom.